The maximum atomic E-state index is 8.98. The highest BCUT2D eigenvalue weighted by atomic mass is 16.5. The number of aryl methyl sites for hydroxylation is 1. The monoisotopic (exact) mass is 299 g/mol. The minimum atomic E-state index is 0.552. The predicted molar refractivity (Wildman–Crippen MR) is 92.1 cm³/mol. The van der Waals surface area contributed by atoms with Gasteiger partial charge in [0.15, 0.2) is 0 Å². The zero-order valence-corrected chi connectivity index (χ0v) is 13.0. The number of rotatable bonds is 4. The van der Waals surface area contributed by atoms with E-state index in [1.54, 1.807) is 0 Å². The summed E-state index contributed by atoms with van der Waals surface area (Å²) in [5.74, 6) is 0.843. The van der Waals surface area contributed by atoms with Gasteiger partial charge in [0.05, 0.1) is 11.6 Å². The Bertz CT molecular complexity index is 847. The van der Waals surface area contributed by atoms with Gasteiger partial charge in [0.2, 0.25) is 0 Å². The lowest BCUT2D eigenvalue weighted by Gasteiger charge is -2.10. The van der Waals surface area contributed by atoms with Crippen molar-refractivity contribution in [2.75, 3.05) is 0 Å². The predicted octanol–water partition coefficient (Wildman–Crippen LogP) is 5.11. The summed E-state index contributed by atoms with van der Waals surface area (Å²) in [6.07, 6.45) is 0. The summed E-state index contributed by atoms with van der Waals surface area (Å²) in [6.45, 7) is 2.57. The van der Waals surface area contributed by atoms with Crippen LogP contribution in [0, 0.1) is 18.3 Å². The van der Waals surface area contributed by atoms with E-state index in [1.165, 1.54) is 0 Å². The molecule has 0 aliphatic rings. The lowest BCUT2D eigenvalue weighted by molar-refractivity contribution is 0.306. The maximum absolute atomic E-state index is 8.98. The summed E-state index contributed by atoms with van der Waals surface area (Å²) in [6, 6.07) is 26.1. The smallest absolute Gasteiger partial charge is 0.120 e. The summed E-state index contributed by atoms with van der Waals surface area (Å²) >= 11 is 0. The highest BCUT2D eigenvalue weighted by Gasteiger charge is 2.05. The molecule has 2 heteroatoms. The van der Waals surface area contributed by atoms with Gasteiger partial charge in [-0.3, -0.25) is 0 Å². The van der Waals surface area contributed by atoms with E-state index < -0.39 is 0 Å². The molecule has 0 spiro atoms. The first-order chi connectivity index (χ1) is 11.3. The minimum absolute atomic E-state index is 0.552. The normalized spacial score (nSPS) is 10.1. The Kier molecular flexibility index (Phi) is 4.40. The zero-order valence-electron chi connectivity index (χ0n) is 13.0. The molecule has 0 heterocycles. The molecule has 0 aliphatic heterocycles. The first-order valence-corrected chi connectivity index (χ1v) is 7.54. The van der Waals surface area contributed by atoms with Crippen LogP contribution in [0.25, 0.3) is 11.1 Å². The SMILES string of the molecule is Cc1cc(C#N)ccc1-c1cccc(OCc2ccccc2)c1. The second-order valence-corrected chi connectivity index (χ2v) is 5.44. The number of hydrogen-bond donors (Lipinski definition) is 0. The lowest BCUT2D eigenvalue weighted by Crippen LogP contribution is -1.95. The van der Waals surface area contributed by atoms with E-state index in [-0.39, 0.29) is 0 Å². The molecule has 0 unspecified atom stereocenters. The second kappa shape index (κ2) is 6.81. The molecule has 0 saturated carbocycles. The number of nitriles is 1. The summed E-state index contributed by atoms with van der Waals surface area (Å²) in [4.78, 5) is 0. The molecular formula is C21H17NO. The molecule has 0 fully saturated rings. The van der Waals surface area contributed by atoms with E-state index >= 15 is 0 Å². The molecule has 23 heavy (non-hydrogen) atoms. The standard InChI is InChI=1S/C21H17NO/c1-16-12-18(14-22)10-11-21(16)19-8-5-9-20(13-19)23-15-17-6-3-2-4-7-17/h2-13H,15H2,1H3. The first-order valence-electron chi connectivity index (χ1n) is 7.54. The van der Waals surface area contributed by atoms with Gasteiger partial charge >= 0.3 is 0 Å². The highest BCUT2D eigenvalue weighted by Crippen LogP contribution is 2.27. The van der Waals surface area contributed by atoms with Gasteiger partial charge < -0.3 is 4.74 Å². The van der Waals surface area contributed by atoms with E-state index in [2.05, 4.69) is 24.3 Å². The fourth-order valence-corrected chi connectivity index (χ4v) is 2.55. The van der Waals surface area contributed by atoms with Gasteiger partial charge in [-0.2, -0.15) is 5.26 Å². The van der Waals surface area contributed by atoms with Crippen LogP contribution in [0.2, 0.25) is 0 Å². The third kappa shape index (κ3) is 3.59. The summed E-state index contributed by atoms with van der Waals surface area (Å²) in [7, 11) is 0. The molecule has 0 radical (unpaired) electrons. The molecule has 112 valence electrons. The van der Waals surface area contributed by atoms with E-state index in [9.17, 15) is 0 Å². The van der Waals surface area contributed by atoms with Gasteiger partial charge in [-0.15, -0.1) is 0 Å². The molecule has 3 rings (SSSR count). The maximum Gasteiger partial charge on any atom is 0.120 e. The molecule has 0 aromatic heterocycles. The van der Waals surface area contributed by atoms with Crippen LogP contribution in [-0.4, -0.2) is 0 Å². The van der Waals surface area contributed by atoms with Gasteiger partial charge in [-0.05, 0) is 53.4 Å². The summed E-state index contributed by atoms with van der Waals surface area (Å²) < 4.78 is 5.89. The Balaban J connectivity index is 1.81. The molecular weight excluding hydrogens is 282 g/mol. The Morgan fingerprint density at radius 3 is 2.48 bits per heavy atom. The fraction of sp³-hybridized carbons (Fsp3) is 0.0952. The summed E-state index contributed by atoms with van der Waals surface area (Å²) in [5, 5.41) is 8.98. The van der Waals surface area contributed by atoms with Crippen LogP contribution in [0.5, 0.6) is 5.75 Å². The van der Waals surface area contributed by atoms with Crippen LogP contribution < -0.4 is 4.74 Å². The van der Waals surface area contributed by atoms with E-state index in [0.717, 1.165) is 28.0 Å². The van der Waals surface area contributed by atoms with Crippen LogP contribution in [0.4, 0.5) is 0 Å². The summed E-state index contributed by atoms with van der Waals surface area (Å²) in [5.41, 5.74) is 5.13. The molecule has 0 amide bonds. The fourth-order valence-electron chi connectivity index (χ4n) is 2.55. The number of nitrogens with zero attached hydrogens (tertiary/aromatic N) is 1. The topological polar surface area (TPSA) is 33.0 Å². The molecule has 3 aromatic carbocycles. The van der Waals surface area contributed by atoms with Crippen molar-refractivity contribution in [1.29, 1.82) is 5.26 Å². The van der Waals surface area contributed by atoms with Gasteiger partial charge in [0.1, 0.15) is 12.4 Å². The van der Waals surface area contributed by atoms with E-state index in [0.29, 0.717) is 12.2 Å². The van der Waals surface area contributed by atoms with Crippen molar-refractivity contribution in [1.82, 2.24) is 0 Å². The van der Waals surface area contributed by atoms with Crippen LogP contribution in [-0.2, 0) is 6.61 Å². The highest BCUT2D eigenvalue weighted by molar-refractivity contribution is 5.69. The third-order valence-corrected chi connectivity index (χ3v) is 3.75. The molecule has 0 N–H and O–H groups in total. The number of benzene rings is 3. The largest absolute Gasteiger partial charge is 0.489 e. The lowest BCUT2D eigenvalue weighted by atomic mass is 9.98. The molecule has 2 nitrogen and oxygen atoms in total. The molecule has 3 aromatic rings. The molecule has 0 atom stereocenters. The van der Waals surface area contributed by atoms with E-state index in [4.69, 9.17) is 10.00 Å². The number of ether oxygens (including phenoxy) is 1. The quantitative estimate of drug-likeness (QED) is 0.670. The molecule has 0 aliphatic carbocycles. The average Bonchev–Trinajstić information content (AvgIpc) is 2.61. The Morgan fingerprint density at radius 1 is 0.913 bits per heavy atom. The zero-order chi connectivity index (χ0) is 16.1. The molecule has 0 saturated heterocycles. The first kappa shape index (κ1) is 14.9. The van der Waals surface area contributed by atoms with Crippen molar-refractivity contribution >= 4 is 0 Å². The van der Waals surface area contributed by atoms with Crippen LogP contribution >= 0.6 is 0 Å². The van der Waals surface area contributed by atoms with Crippen molar-refractivity contribution in [2.24, 2.45) is 0 Å². The van der Waals surface area contributed by atoms with Crippen molar-refractivity contribution < 1.29 is 4.74 Å². The van der Waals surface area contributed by atoms with E-state index in [1.807, 2.05) is 61.5 Å². The Morgan fingerprint density at radius 2 is 1.74 bits per heavy atom. The van der Waals surface area contributed by atoms with Crippen molar-refractivity contribution in [3.8, 4) is 22.9 Å². The Labute approximate surface area is 136 Å². The number of hydrogen-bond acceptors (Lipinski definition) is 2. The second-order valence-electron chi connectivity index (χ2n) is 5.44. The van der Waals surface area contributed by atoms with Crippen molar-refractivity contribution in [3.63, 3.8) is 0 Å². The van der Waals surface area contributed by atoms with Crippen molar-refractivity contribution in [3.05, 3.63) is 89.5 Å². The van der Waals surface area contributed by atoms with Crippen molar-refractivity contribution in [2.45, 2.75) is 13.5 Å². The average molecular weight is 299 g/mol. The molecule has 0 bridgehead atoms. The van der Waals surface area contributed by atoms with Gasteiger partial charge in [-0.1, -0.05) is 48.5 Å². The van der Waals surface area contributed by atoms with Gasteiger partial charge in [-0.25, -0.2) is 0 Å². The van der Waals surface area contributed by atoms with Crippen LogP contribution in [0.1, 0.15) is 16.7 Å². The van der Waals surface area contributed by atoms with Crippen LogP contribution in [0.15, 0.2) is 72.8 Å². The Hall–Kier alpha value is -3.05. The van der Waals surface area contributed by atoms with Gasteiger partial charge in [0, 0.05) is 0 Å². The van der Waals surface area contributed by atoms with Gasteiger partial charge in [0.25, 0.3) is 0 Å². The third-order valence-electron chi connectivity index (χ3n) is 3.75. The minimum Gasteiger partial charge on any atom is -0.489 e. The van der Waals surface area contributed by atoms with Crippen LogP contribution in [0.3, 0.4) is 0 Å².